The predicted octanol–water partition coefficient (Wildman–Crippen LogP) is 3.13. The molecule has 29 heavy (non-hydrogen) atoms. The largest absolute Gasteiger partial charge is 0.443 e. The predicted molar refractivity (Wildman–Crippen MR) is 107 cm³/mol. The Morgan fingerprint density at radius 1 is 1.03 bits per heavy atom. The minimum atomic E-state index is -0.672. The molecule has 0 bridgehead atoms. The Morgan fingerprint density at radius 2 is 1.83 bits per heavy atom. The van der Waals surface area contributed by atoms with Gasteiger partial charge in [0.1, 0.15) is 0 Å². The summed E-state index contributed by atoms with van der Waals surface area (Å²) in [7, 11) is 0. The molecule has 0 N–H and O–H groups in total. The van der Waals surface area contributed by atoms with Gasteiger partial charge in [-0.15, -0.1) is 10.2 Å². The van der Waals surface area contributed by atoms with Crippen molar-refractivity contribution in [3.05, 3.63) is 71.3 Å². The van der Waals surface area contributed by atoms with E-state index in [-0.39, 0.29) is 11.8 Å². The van der Waals surface area contributed by atoms with Crippen molar-refractivity contribution in [2.24, 2.45) is 5.10 Å². The number of carbonyl (C=O) groups excluding carboxylic acids is 1. The van der Waals surface area contributed by atoms with Crippen molar-refractivity contribution in [3.63, 3.8) is 0 Å². The molecular formula is C21H18N6O2. The fourth-order valence-electron chi connectivity index (χ4n) is 3.49. The van der Waals surface area contributed by atoms with E-state index in [9.17, 15) is 4.79 Å². The van der Waals surface area contributed by atoms with Gasteiger partial charge in [-0.2, -0.15) is 9.99 Å². The van der Waals surface area contributed by atoms with E-state index in [2.05, 4.69) is 20.2 Å². The van der Waals surface area contributed by atoms with Crippen molar-refractivity contribution in [2.45, 2.75) is 27.0 Å². The number of amides is 1. The molecule has 0 spiro atoms. The first-order chi connectivity index (χ1) is 14.0. The number of nitrogens with zero attached hydrogens (tertiary/aromatic N) is 6. The van der Waals surface area contributed by atoms with Gasteiger partial charge in [-0.25, -0.2) is 9.50 Å². The lowest BCUT2D eigenvalue weighted by molar-refractivity contribution is -0.135. The third-order valence-electron chi connectivity index (χ3n) is 4.83. The molecule has 8 heteroatoms. The molecule has 0 radical (unpaired) electrons. The second-order valence-electron chi connectivity index (χ2n) is 7.03. The molecule has 8 nitrogen and oxygen atoms in total. The third-order valence-corrected chi connectivity index (χ3v) is 4.83. The Labute approximate surface area is 166 Å². The maximum atomic E-state index is 12.2. The standard InChI is InChI=1S/C21H18N6O2/c1-12-10-13(2)26-21(22-12)23-18(24-26)19-25-27(14(3)28)20(29-19)17-9-8-15-6-4-5-7-16(15)11-17/h4-11,20H,1-3H3/t20-/m0/s1. The van der Waals surface area contributed by atoms with Crippen molar-refractivity contribution in [1.82, 2.24) is 24.6 Å². The van der Waals surface area contributed by atoms with E-state index in [0.29, 0.717) is 11.6 Å². The molecule has 1 amide bonds. The maximum Gasteiger partial charge on any atom is 0.281 e. The Bertz CT molecular complexity index is 1310. The smallest absolute Gasteiger partial charge is 0.281 e. The third kappa shape index (κ3) is 2.89. The number of fused-ring (bicyclic) bond motifs is 2. The van der Waals surface area contributed by atoms with Crippen LogP contribution in [-0.4, -0.2) is 36.4 Å². The number of hydrazone groups is 1. The fraction of sp³-hybridized carbons (Fsp3) is 0.190. The molecule has 0 saturated heterocycles. The van der Waals surface area contributed by atoms with E-state index in [0.717, 1.165) is 27.7 Å². The van der Waals surface area contributed by atoms with Crippen LogP contribution in [0.15, 0.2) is 53.6 Å². The van der Waals surface area contributed by atoms with Gasteiger partial charge in [0.15, 0.2) is 0 Å². The van der Waals surface area contributed by atoms with Gasteiger partial charge in [0.2, 0.25) is 18.0 Å². The van der Waals surface area contributed by atoms with Crippen molar-refractivity contribution in [1.29, 1.82) is 0 Å². The van der Waals surface area contributed by atoms with Gasteiger partial charge < -0.3 is 4.74 Å². The van der Waals surface area contributed by atoms with Crippen LogP contribution in [0.1, 0.15) is 35.9 Å². The molecule has 0 aliphatic carbocycles. The van der Waals surface area contributed by atoms with Gasteiger partial charge in [-0.1, -0.05) is 36.4 Å². The average molecular weight is 386 g/mol. The highest BCUT2D eigenvalue weighted by molar-refractivity contribution is 5.93. The molecule has 1 aliphatic rings. The molecule has 4 aromatic rings. The number of ether oxygens (including phenoxy) is 1. The van der Waals surface area contributed by atoms with E-state index < -0.39 is 6.23 Å². The number of hydrogen-bond acceptors (Lipinski definition) is 6. The summed E-state index contributed by atoms with van der Waals surface area (Å²) >= 11 is 0. The number of hydrogen-bond donors (Lipinski definition) is 0. The van der Waals surface area contributed by atoms with E-state index in [1.54, 1.807) is 4.52 Å². The zero-order valence-corrected chi connectivity index (χ0v) is 16.2. The number of benzene rings is 2. The zero-order chi connectivity index (χ0) is 20.1. The number of aryl methyl sites for hydroxylation is 2. The first kappa shape index (κ1) is 17.3. The summed E-state index contributed by atoms with van der Waals surface area (Å²) < 4.78 is 7.68. The normalized spacial score (nSPS) is 16.3. The summed E-state index contributed by atoms with van der Waals surface area (Å²) in [4.78, 5) is 21.0. The molecule has 0 unspecified atom stereocenters. The quantitative estimate of drug-likeness (QED) is 0.528. The lowest BCUT2D eigenvalue weighted by atomic mass is 10.1. The highest BCUT2D eigenvalue weighted by atomic mass is 16.5. The lowest BCUT2D eigenvalue weighted by Crippen LogP contribution is -2.25. The molecule has 1 atom stereocenters. The summed E-state index contributed by atoms with van der Waals surface area (Å²) in [6, 6.07) is 15.9. The SMILES string of the molecule is CC(=O)N1N=C(c2nc3nc(C)cc(C)n3n2)O[C@H]1c1ccc2ccccc2c1. The van der Waals surface area contributed by atoms with Crippen LogP contribution in [0.4, 0.5) is 0 Å². The Hall–Kier alpha value is -3.81. The number of rotatable bonds is 2. The van der Waals surface area contributed by atoms with Crippen LogP contribution in [0.2, 0.25) is 0 Å². The minimum Gasteiger partial charge on any atom is -0.443 e. The summed E-state index contributed by atoms with van der Waals surface area (Å²) in [5, 5.41) is 12.3. The van der Waals surface area contributed by atoms with E-state index >= 15 is 0 Å². The second kappa shape index (κ2) is 6.37. The van der Waals surface area contributed by atoms with Gasteiger partial charge in [0.25, 0.3) is 11.7 Å². The lowest BCUT2D eigenvalue weighted by Gasteiger charge is -2.19. The average Bonchev–Trinajstić information content (AvgIpc) is 3.32. The maximum absolute atomic E-state index is 12.2. The number of carbonyl (C=O) groups is 1. The minimum absolute atomic E-state index is 0.195. The molecule has 0 fully saturated rings. The van der Waals surface area contributed by atoms with Gasteiger partial charge in [0, 0.05) is 23.9 Å². The van der Waals surface area contributed by atoms with Crippen molar-refractivity contribution in [2.75, 3.05) is 0 Å². The highest BCUT2D eigenvalue weighted by Gasteiger charge is 2.35. The summed E-state index contributed by atoms with van der Waals surface area (Å²) in [6.45, 7) is 5.28. The van der Waals surface area contributed by atoms with Crippen LogP contribution < -0.4 is 0 Å². The first-order valence-electron chi connectivity index (χ1n) is 9.25. The highest BCUT2D eigenvalue weighted by Crippen LogP contribution is 2.31. The second-order valence-corrected chi connectivity index (χ2v) is 7.03. The Balaban J connectivity index is 1.55. The van der Waals surface area contributed by atoms with E-state index in [4.69, 9.17) is 4.74 Å². The first-order valence-corrected chi connectivity index (χ1v) is 9.25. The summed E-state index contributed by atoms with van der Waals surface area (Å²) in [5.41, 5.74) is 2.58. The molecule has 2 aromatic heterocycles. The van der Waals surface area contributed by atoms with Crippen molar-refractivity contribution >= 4 is 28.4 Å². The molecule has 2 aromatic carbocycles. The monoisotopic (exact) mass is 386 g/mol. The molecular weight excluding hydrogens is 368 g/mol. The zero-order valence-electron chi connectivity index (χ0n) is 16.2. The Kier molecular flexibility index (Phi) is 3.80. The molecule has 144 valence electrons. The topological polar surface area (TPSA) is 85.0 Å². The van der Waals surface area contributed by atoms with Gasteiger partial charge in [-0.3, -0.25) is 4.79 Å². The molecule has 0 saturated carbocycles. The molecule has 3 heterocycles. The molecule has 5 rings (SSSR count). The van der Waals surface area contributed by atoms with Gasteiger partial charge >= 0.3 is 0 Å². The summed E-state index contributed by atoms with van der Waals surface area (Å²) in [6.07, 6.45) is -0.672. The van der Waals surface area contributed by atoms with Crippen molar-refractivity contribution < 1.29 is 9.53 Å². The van der Waals surface area contributed by atoms with Crippen LogP contribution in [-0.2, 0) is 9.53 Å². The Morgan fingerprint density at radius 3 is 2.62 bits per heavy atom. The fourth-order valence-corrected chi connectivity index (χ4v) is 3.49. The van der Waals surface area contributed by atoms with E-state index in [1.807, 2.05) is 62.4 Å². The summed E-state index contributed by atoms with van der Waals surface area (Å²) in [5.74, 6) is 0.723. The molecule has 1 aliphatic heterocycles. The van der Waals surface area contributed by atoms with Gasteiger partial charge in [0.05, 0.1) is 0 Å². The van der Waals surface area contributed by atoms with Crippen LogP contribution in [0.5, 0.6) is 0 Å². The number of aromatic nitrogens is 4. The van der Waals surface area contributed by atoms with E-state index in [1.165, 1.54) is 11.9 Å². The van der Waals surface area contributed by atoms with Crippen molar-refractivity contribution in [3.8, 4) is 0 Å². The van der Waals surface area contributed by atoms with Crippen LogP contribution >= 0.6 is 0 Å². The van der Waals surface area contributed by atoms with Crippen LogP contribution in [0.3, 0.4) is 0 Å². The van der Waals surface area contributed by atoms with Gasteiger partial charge in [-0.05, 0) is 36.8 Å². The van der Waals surface area contributed by atoms with Crippen LogP contribution in [0.25, 0.3) is 16.6 Å². The van der Waals surface area contributed by atoms with Crippen LogP contribution in [0, 0.1) is 13.8 Å².